The summed E-state index contributed by atoms with van der Waals surface area (Å²) in [6.45, 7) is 0.566. The van der Waals surface area contributed by atoms with Gasteiger partial charge in [-0.15, -0.1) is 0 Å². The Labute approximate surface area is 155 Å². The average Bonchev–Trinajstić information content (AvgIpc) is 3.28. The number of carbonyl (C=O) groups is 1. The van der Waals surface area contributed by atoms with Gasteiger partial charge in [0.1, 0.15) is 5.82 Å². The number of nitrogens with one attached hydrogen (secondary N) is 1. The molecular weight excluding hydrogens is 353 g/mol. The lowest BCUT2D eigenvalue weighted by Crippen LogP contribution is -2.32. The number of hydrogen-bond donors (Lipinski definition) is 1. The van der Waals surface area contributed by atoms with Gasteiger partial charge < -0.3 is 5.32 Å². The van der Waals surface area contributed by atoms with Crippen LogP contribution in [0.4, 0.5) is 4.39 Å². The highest BCUT2D eigenvalue weighted by Gasteiger charge is 2.44. The topological polar surface area (TPSA) is 46.9 Å². The molecule has 1 saturated carbocycles. The largest absolute Gasteiger partial charge is 0.350 e. The summed E-state index contributed by atoms with van der Waals surface area (Å²) in [4.78, 5) is 12.4. The SMILES string of the molecule is O=C(NCC1(c2ccc(Cl)cc2)CC1)c1ccn(-c2ccc(F)cc2)n1. The van der Waals surface area contributed by atoms with Crippen LogP contribution in [0.5, 0.6) is 0 Å². The Balaban J connectivity index is 1.43. The molecule has 26 heavy (non-hydrogen) atoms. The van der Waals surface area contributed by atoms with E-state index in [1.165, 1.54) is 17.7 Å². The molecule has 1 aromatic heterocycles. The van der Waals surface area contributed by atoms with Crippen molar-refractivity contribution < 1.29 is 9.18 Å². The average molecular weight is 370 g/mol. The highest BCUT2D eigenvalue weighted by atomic mass is 35.5. The van der Waals surface area contributed by atoms with Crippen molar-refractivity contribution in [2.75, 3.05) is 6.54 Å². The first-order valence-corrected chi connectivity index (χ1v) is 8.79. The monoisotopic (exact) mass is 369 g/mol. The number of hydrogen-bond acceptors (Lipinski definition) is 2. The summed E-state index contributed by atoms with van der Waals surface area (Å²) in [6, 6.07) is 15.4. The summed E-state index contributed by atoms with van der Waals surface area (Å²) in [5.74, 6) is -0.526. The fraction of sp³-hybridized carbons (Fsp3) is 0.200. The molecule has 6 heteroatoms. The van der Waals surface area contributed by atoms with Crippen LogP contribution in [0.2, 0.25) is 5.02 Å². The van der Waals surface area contributed by atoms with E-state index in [9.17, 15) is 9.18 Å². The van der Waals surface area contributed by atoms with Crippen molar-refractivity contribution in [1.82, 2.24) is 15.1 Å². The normalized spacial score (nSPS) is 14.8. The molecule has 4 nitrogen and oxygen atoms in total. The Kier molecular flexibility index (Phi) is 4.24. The van der Waals surface area contributed by atoms with Gasteiger partial charge in [0, 0.05) is 23.2 Å². The Morgan fingerprint density at radius 1 is 1.12 bits per heavy atom. The van der Waals surface area contributed by atoms with Crippen LogP contribution < -0.4 is 5.32 Å². The van der Waals surface area contributed by atoms with E-state index in [1.54, 1.807) is 29.1 Å². The zero-order valence-electron chi connectivity index (χ0n) is 14.0. The van der Waals surface area contributed by atoms with Gasteiger partial charge in [-0.05, 0) is 60.9 Å². The number of nitrogens with zero attached hydrogens (tertiary/aromatic N) is 2. The molecule has 1 aliphatic rings. The number of carbonyl (C=O) groups excluding carboxylic acids is 1. The fourth-order valence-electron chi connectivity index (χ4n) is 3.04. The van der Waals surface area contributed by atoms with Gasteiger partial charge >= 0.3 is 0 Å². The molecule has 4 rings (SSSR count). The molecule has 2 aromatic carbocycles. The molecular formula is C20H17ClFN3O. The van der Waals surface area contributed by atoms with Gasteiger partial charge in [0.25, 0.3) is 5.91 Å². The van der Waals surface area contributed by atoms with Gasteiger partial charge in [-0.1, -0.05) is 23.7 Å². The predicted molar refractivity (Wildman–Crippen MR) is 98.2 cm³/mol. The van der Waals surface area contributed by atoms with Crippen LogP contribution in [0.25, 0.3) is 5.69 Å². The molecule has 0 atom stereocenters. The van der Waals surface area contributed by atoms with Crippen LogP contribution in [0.3, 0.4) is 0 Å². The maximum Gasteiger partial charge on any atom is 0.271 e. The van der Waals surface area contributed by atoms with Crippen molar-refractivity contribution >= 4 is 17.5 Å². The van der Waals surface area contributed by atoms with Crippen LogP contribution in [-0.2, 0) is 5.41 Å². The summed E-state index contributed by atoms with van der Waals surface area (Å²) < 4.78 is 14.6. The first-order chi connectivity index (χ1) is 12.6. The Morgan fingerprint density at radius 3 is 2.46 bits per heavy atom. The van der Waals surface area contributed by atoms with Crippen LogP contribution in [0.15, 0.2) is 60.8 Å². The zero-order chi connectivity index (χ0) is 18.1. The number of halogens is 2. The lowest BCUT2D eigenvalue weighted by atomic mass is 9.96. The third-order valence-electron chi connectivity index (χ3n) is 4.81. The minimum absolute atomic E-state index is 0.000227. The molecule has 1 N–H and O–H groups in total. The first kappa shape index (κ1) is 16.8. The van der Waals surface area contributed by atoms with Crippen LogP contribution in [0, 0.1) is 5.82 Å². The summed E-state index contributed by atoms with van der Waals surface area (Å²) in [5, 5.41) is 7.97. The summed E-state index contributed by atoms with van der Waals surface area (Å²) in [7, 11) is 0. The molecule has 1 aliphatic carbocycles. The van der Waals surface area contributed by atoms with Crippen molar-refractivity contribution in [1.29, 1.82) is 0 Å². The molecule has 1 heterocycles. The maximum absolute atomic E-state index is 13.0. The minimum Gasteiger partial charge on any atom is -0.350 e. The van der Waals surface area contributed by atoms with Crippen molar-refractivity contribution in [2.24, 2.45) is 0 Å². The minimum atomic E-state index is -0.309. The molecule has 0 spiro atoms. The lowest BCUT2D eigenvalue weighted by Gasteiger charge is -2.16. The summed E-state index contributed by atoms with van der Waals surface area (Å²) in [6.07, 6.45) is 3.77. The molecule has 3 aromatic rings. The predicted octanol–water partition coefficient (Wildman–Crippen LogP) is 4.13. The quantitative estimate of drug-likeness (QED) is 0.735. The van der Waals surface area contributed by atoms with E-state index in [-0.39, 0.29) is 17.1 Å². The van der Waals surface area contributed by atoms with Gasteiger partial charge in [-0.25, -0.2) is 9.07 Å². The van der Waals surface area contributed by atoms with E-state index in [2.05, 4.69) is 10.4 Å². The highest BCUT2D eigenvalue weighted by Crippen LogP contribution is 2.47. The standard InChI is InChI=1S/C20H17ClFN3O/c21-15-3-1-14(2-4-15)20(10-11-20)13-23-19(26)18-9-12-25(24-18)17-7-5-16(22)6-8-17/h1-9,12H,10-11,13H2,(H,23,26). The number of aromatic nitrogens is 2. The van der Waals surface area contributed by atoms with E-state index in [4.69, 9.17) is 11.6 Å². The van der Waals surface area contributed by atoms with E-state index < -0.39 is 0 Å². The van der Waals surface area contributed by atoms with E-state index in [0.717, 1.165) is 12.8 Å². The van der Waals surface area contributed by atoms with Gasteiger partial charge in [-0.3, -0.25) is 4.79 Å². The molecule has 132 valence electrons. The molecule has 1 amide bonds. The van der Waals surface area contributed by atoms with Crippen LogP contribution in [0.1, 0.15) is 28.9 Å². The van der Waals surface area contributed by atoms with Gasteiger partial charge in [0.2, 0.25) is 0 Å². The van der Waals surface area contributed by atoms with Crippen molar-refractivity contribution in [3.05, 3.63) is 82.9 Å². The molecule has 1 fully saturated rings. The Hall–Kier alpha value is -2.66. The molecule has 0 saturated heterocycles. The van der Waals surface area contributed by atoms with Gasteiger partial charge in [0.05, 0.1) is 5.69 Å². The Bertz CT molecular complexity index is 930. The molecule has 0 aliphatic heterocycles. The molecule has 0 unspecified atom stereocenters. The number of benzene rings is 2. The summed E-state index contributed by atoms with van der Waals surface area (Å²) in [5.41, 5.74) is 2.23. The number of rotatable bonds is 5. The second kappa shape index (κ2) is 6.57. The second-order valence-electron chi connectivity index (χ2n) is 6.59. The van der Waals surface area contributed by atoms with Crippen LogP contribution in [-0.4, -0.2) is 22.2 Å². The van der Waals surface area contributed by atoms with E-state index in [1.807, 2.05) is 24.3 Å². The lowest BCUT2D eigenvalue weighted by molar-refractivity contribution is 0.0944. The summed E-state index contributed by atoms with van der Waals surface area (Å²) >= 11 is 5.95. The van der Waals surface area contributed by atoms with E-state index in [0.29, 0.717) is 22.9 Å². The van der Waals surface area contributed by atoms with Crippen molar-refractivity contribution in [3.63, 3.8) is 0 Å². The third kappa shape index (κ3) is 3.35. The smallest absolute Gasteiger partial charge is 0.271 e. The van der Waals surface area contributed by atoms with Gasteiger partial charge in [0.15, 0.2) is 5.69 Å². The van der Waals surface area contributed by atoms with Crippen molar-refractivity contribution in [3.8, 4) is 5.69 Å². The Morgan fingerprint density at radius 2 is 1.81 bits per heavy atom. The maximum atomic E-state index is 13.0. The highest BCUT2D eigenvalue weighted by molar-refractivity contribution is 6.30. The number of amides is 1. The zero-order valence-corrected chi connectivity index (χ0v) is 14.7. The molecule has 0 radical (unpaired) electrons. The second-order valence-corrected chi connectivity index (χ2v) is 7.03. The third-order valence-corrected chi connectivity index (χ3v) is 5.06. The molecule has 0 bridgehead atoms. The fourth-order valence-corrected chi connectivity index (χ4v) is 3.17. The first-order valence-electron chi connectivity index (χ1n) is 8.42. The van der Waals surface area contributed by atoms with Gasteiger partial charge in [-0.2, -0.15) is 5.10 Å². The van der Waals surface area contributed by atoms with Crippen LogP contribution >= 0.6 is 11.6 Å². The van der Waals surface area contributed by atoms with Crippen molar-refractivity contribution in [2.45, 2.75) is 18.3 Å². The van der Waals surface area contributed by atoms with E-state index >= 15 is 0 Å².